The summed E-state index contributed by atoms with van der Waals surface area (Å²) < 4.78 is 7.41. The van der Waals surface area contributed by atoms with Crippen LogP contribution >= 0.6 is 11.6 Å². The molecule has 0 radical (unpaired) electrons. The van der Waals surface area contributed by atoms with Crippen molar-refractivity contribution in [2.24, 2.45) is 0 Å². The van der Waals surface area contributed by atoms with E-state index in [-0.39, 0.29) is 17.9 Å². The lowest BCUT2D eigenvalue weighted by atomic mass is 10.0. The van der Waals surface area contributed by atoms with Gasteiger partial charge in [-0.05, 0) is 49.4 Å². The summed E-state index contributed by atoms with van der Waals surface area (Å²) in [5, 5.41) is 8.11. The number of ether oxygens (including phenoxy) is 1. The van der Waals surface area contributed by atoms with Crippen LogP contribution in [0.3, 0.4) is 0 Å². The lowest BCUT2D eigenvalue weighted by Gasteiger charge is -2.14. The molecule has 2 aromatic rings. The van der Waals surface area contributed by atoms with Crippen molar-refractivity contribution in [1.29, 1.82) is 0 Å². The number of nitrogens with zero attached hydrogens (tertiary/aromatic N) is 2. The smallest absolute Gasteiger partial charge is 0.254 e. The lowest BCUT2D eigenvalue weighted by Crippen LogP contribution is -2.28. The summed E-state index contributed by atoms with van der Waals surface area (Å²) in [4.78, 5) is 12.6. The van der Waals surface area contributed by atoms with E-state index in [1.807, 2.05) is 28.9 Å². The fourth-order valence-corrected chi connectivity index (χ4v) is 3.32. The normalized spacial score (nSPS) is 17.2. The van der Waals surface area contributed by atoms with E-state index in [2.05, 4.69) is 24.3 Å². The van der Waals surface area contributed by atoms with Gasteiger partial charge in [-0.25, -0.2) is 4.68 Å². The molecule has 1 N–H and O–H groups in total. The average molecular weight is 362 g/mol. The number of nitrogens with one attached hydrogen (secondary N) is 1. The second kappa shape index (κ2) is 8.02. The van der Waals surface area contributed by atoms with Crippen LogP contribution in [-0.4, -0.2) is 34.9 Å². The third-order valence-corrected chi connectivity index (χ3v) is 4.70. The van der Waals surface area contributed by atoms with E-state index in [9.17, 15) is 4.79 Å². The predicted molar refractivity (Wildman–Crippen MR) is 98.6 cm³/mol. The van der Waals surface area contributed by atoms with E-state index in [4.69, 9.17) is 16.3 Å². The molecule has 1 fully saturated rings. The van der Waals surface area contributed by atoms with Gasteiger partial charge in [0, 0.05) is 18.2 Å². The van der Waals surface area contributed by atoms with Gasteiger partial charge in [-0.15, -0.1) is 0 Å². The Hall–Kier alpha value is -1.85. The maximum atomic E-state index is 12.6. The van der Waals surface area contributed by atoms with Gasteiger partial charge in [0.15, 0.2) is 0 Å². The monoisotopic (exact) mass is 361 g/mol. The van der Waals surface area contributed by atoms with Crippen molar-refractivity contribution in [3.8, 4) is 5.69 Å². The predicted octanol–water partition coefficient (Wildman–Crippen LogP) is 3.95. The number of hydrogen-bond donors (Lipinski definition) is 1. The SMILES string of the molecule is CC(C)c1c(C(=O)NCCC2CCCO2)cnn1-c1ccc(Cl)cc1. The molecule has 5 nitrogen and oxygen atoms in total. The first-order valence-electron chi connectivity index (χ1n) is 8.80. The highest BCUT2D eigenvalue weighted by molar-refractivity contribution is 6.30. The fourth-order valence-electron chi connectivity index (χ4n) is 3.19. The number of rotatable bonds is 6. The molecule has 0 saturated carbocycles. The summed E-state index contributed by atoms with van der Waals surface area (Å²) in [6.45, 7) is 5.58. The van der Waals surface area contributed by atoms with Crippen LogP contribution < -0.4 is 5.32 Å². The second-order valence-corrected chi connectivity index (χ2v) is 7.10. The summed E-state index contributed by atoms with van der Waals surface area (Å²) in [5.41, 5.74) is 2.42. The molecule has 1 aliphatic heterocycles. The van der Waals surface area contributed by atoms with Crippen molar-refractivity contribution in [2.75, 3.05) is 13.2 Å². The van der Waals surface area contributed by atoms with Gasteiger partial charge in [-0.2, -0.15) is 5.10 Å². The first kappa shape index (κ1) is 18.0. The molecule has 6 heteroatoms. The summed E-state index contributed by atoms with van der Waals surface area (Å²) >= 11 is 5.96. The first-order valence-corrected chi connectivity index (χ1v) is 9.17. The standard InChI is InChI=1S/C19H24ClN3O2/c1-13(2)18-17(19(24)21-10-9-16-4-3-11-25-16)12-22-23(18)15-7-5-14(20)6-8-15/h5-8,12-13,16H,3-4,9-11H2,1-2H3,(H,21,24). The van der Waals surface area contributed by atoms with E-state index in [1.54, 1.807) is 6.20 Å². The van der Waals surface area contributed by atoms with Gasteiger partial charge in [0.2, 0.25) is 0 Å². The van der Waals surface area contributed by atoms with Gasteiger partial charge in [-0.3, -0.25) is 4.79 Å². The third kappa shape index (κ3) is 4.22. The zero-order chi connectivity index (χ0) is 17.8. The number of carbonyl (C=O) groups excluding carboxylic acids is 1. The quantitative estimate of drug-likeness (QED) is 0.847. The number of benzene rings is 1. The van der Waals surface area contributed by atoms with Crippen LogP contribution in [0.15, 0.2) is 30.5 Å². The lowest BCUT2D eigenvalue weighted by molar-refractivity contribution is 0.0906. The summed E-state index contributed by atoms with van der Waals surface area (Å²) in [6.07, 6.45) is 4.98. The van der Waals surface area contributed by atoms with E-state index in [1.165, 1.54) is 0 Å². The number of carbonyl (C=O) groups is 1. The molecule has 1 aliphatic rings. The summed E-state index contributed by atoms with van der Waals surface area (Å²) in [5.74, 6) is 0.0824. The molecule has 1 aromatic carbocycles. The van der Waals surface area contributed by atoms with Crippen LogP contribution in [0.2, 0.25) is 5.02 Å². The van der Waals surface area contributed by atoms with Gasteiger partial charge in [0.25, 0.3) is 5.91 Å². The Morgan fingerprint density at radius 1 is 1.40 bits per heavy atom. The molecule has 134 valence electrons. The third-order valence-electron chi connectivity index (χ3n) is 4.44. The van der Waals surface area contributed by atoms with Crippen LogP contribution in [0.1, 0.15) is 55.1 Å². The molecule has 1 unspecified atom stereocenters. The van der Waals surface area contributed by atoms with Gasteiger partial charge in [0.1, 0.15) is 0 Å². The Kier molecular flexibility index (Phi) is 5.76. The van der Waals surface area contributed by atoms with Crippen molar-refractivity contribution in [2.45, 2.75) is 45.1 Å². The number of aromatic nitrogens is 2. The van der Waals surface area contributed by atoms with E-state index < -0.39 is 0 Å². The molecule has 0 spiro atoms. The summed E-state index contributed by atoms with van der Waals surface area (Å²) in [6, 6.07) is 7.45. The number of hydrogen-bond acceptors (Lipinski definition) is 3. The molecule has 2 heterocycles. The molecule has 3 rings (SSSR count). The zero-order valence-electron chi connectivity index (χ0n) is 14.7. The Bertz CT molecular complexity index is 719. The number of halogens is 1. The maximum absolute atomic E-state index is 12.6. The molecule has 0 bridgehead atoms. The molecule has 1 aromatic heterocycles. The largest absolute Gasteiger partial charge is 0.378 e. The Labute approximate surface area is 153 Å². The Balaban J connectivity index is 1.74. The van der Waals surface area contributed by atoms with Gasteiger partial charge in [0.05, 0.1) is 29.2 Å². The molecule has 25 heavy (non-hydrogen) atoms. The first-order chi connectivity index (χ1) is 12.1. The highest BCUT2D eigenvalue weighted by Gasteiger charge is 2.21. The molecular weight excluding hydrogens is 338 g/mol. The van der Waals surface area contributed by atoms with Crippen LogP contribution in [0.25, 0.3) is 5.69 Å². The minimum absolute atomic E-state index is 0.0816. The van der Waals surface area contributed by atoms with Gasteiger partial charge >= 0.3 is 0 Å². The molecule has 1 saturated heterocycles. The minimum Gasteiger partial charge on any atom is -0.378 e. The highest BCUT2D eigenvalue weighted by atomic mass is 35.5. The minimum atomic E-state index is -0.0816. The van der Waals surface area contributed by atoms with Crippen molar-refractivity contribution in [3.63, 3.8) is 0 Å². The molecule has 0 aliphatic carbocycles. The molecule has 1 atom stereocenters. The van der Waals surface area contributed by atoms with Crippen LogP contribution in [-0.2, 0) is 4.74 Å². The van der Waals surface area contributed by atoms with Gasteiger partial charge < -0.3 is 10.1 Å². The molecular formula is C19H24ClN3O2. The fraction of sp³-hybridized carbons (Fsp3) is 0.474. The Morgan fingerprint density at radius 2 is 2.16 bits per heavy atom. The second-order valence-electron chi connectivity index (χ2n) is 6.67. The van der Waals surface area contributed by atoms with Gasteiger partial charge in [-0.1, -0.05) is 25.4 Å². The highest BCUT2D eigenvalue weighted by Crippen LogP contribution is 2.24. The van der Waals surface area contributed by atoms with Crippen LogP contribution in [0.4, 0.5) is 0 Å². The topological polar surface area (TPSA) is 56.1 Å². The van der Waals surface area contributed by atoms with Crippen molar-refractivity contribution in [1.82, 2.24) is 15.1 Å². The van der Waals surface area contributed by atoms with Crippen molar-refractivity contribution < 1.29 is 9.53 Å². The van der Waals surface area contributed by atoms with Crippen molar-refractivity contribution >= 4 is 17.5 Å². The average Bonchev–Trinajstić information content (AvgIpc) is 3.24. The van der Waals surface area contributed by atoms with E-state index >= 15 is 0 Å². The zero-order valence-corrected chi connectivity index (χ0v) is 15.4. The Morgan fingerprint density at radius 3 is 2.80 bits per heavy atom. The van der Waals surface area contributed by atoms with E-state index in [0.717, 1.165) is 37.3 Å². The van der Waals surface area contributed by atoms with Crippen molar-refractivity contribution in [3.05, 3.63) is 46.7 Å². The van der Waals surface area contributed by atoms with Crippen LogP contribution in [0.5, 0.6) is 0 Å². The molecule has 1 amide bonds. The maximum Gasteiger partial charge on any atom is 0.254 e. The summed E-state index contributed by atoms with van der Waals surface area (Å²) in [7, 11) is 0. The number of amides is 1. The van der Waals surface area contributed by atoms with Crippen LogP contribution in [0, 0.1) is 0 Å². The van der Waals surface area contributed by atoms with E-state index in [0.29, 0.717) is 17.1 Å².